The van der Waals surface area contributed by atoms with E-state index in [9.17, 15) is 9.18 Å². The molecule has 0 bridgehead atoms. The summed E-state index contributed by atoms with van der Waals surface area (Å²) in [4.78, 5) is 16.5. The van der Waals surface area contributed by atoms with Crippen molar-refractivity contribution in [2.45, 2.75) is 18.9 Å². The Bertz CT molecular complexity index is 544. The van der Waals surface area contributed by atoms with Crippen LogP contribution >= 0.6 is 11.6 Å². The van der Waals surface area contributed by atoms with E-state index in [4.69, 9.17) is 16.3 Å². The molecule has 1 fully saturated rings. The van der Waals surface area contributed by atoms with Crippen molar-refractivity contribution in [2.75, 3.05) is 45.7 Å². The van der Waals surface area contributed by atoms with Gasteiger partial charge in [-0.15, -0.1) is 0 Å². The van der Waals surface area contributed by atoms with Gasteiger partial charge in [0.25, 0.3) is 0 Å². The summed E-state index contributed by atoms with van der Waals surface area (Å²) in [6.45, 7) is 3.01. The number of anilines is 1. The third-order valence-electron chi connectivity index (χ3n) is 4.01. The smallest absolute Gasteiger partial charge is 0.322 e. The van der Waals surface area contributed by atoms with Gasteiger partial charge in [0.05, 0.1) is 17.3 Å². The molecule has 0 spiro atoms. The van der Waals surface area contributed by atoms with Crippen molar-refractivity contribution in [1.82, 2.24) is 9.80 Å². The number of hydrogen-bond acceptors (Lipinski definition) is 3. The second-order valence-corrected chi connectivity index (χ2v) is 6.21. The van der Waals surface area contributed by atoms with E-state index in [0.717, 1.165) is 25.9 Å². The van der Waals surface area contributed by atoms with Gasteiger partial charge in [0.1, 0.15) is 5.82 Å². The van der Waals surface area contributed by atoms with Crippen LogP contribution in [-0.2, 0) is 4.74 Å². The third kappa shape index (κ3) is 5.06. The molecule has 1 atom stereocenters. The molecule has 1 aliphatic rings. The van der Waals surface area contributed by atoms with Crippen LogP contribution in [0.2, 0.25) is 5.02 Å². The lowest BCUT2D eigenvalue weighted by Gasteiger charge is -2.29. The highest BCUT2D eigenvalue weighted by atomic mass is 35.5. The summed E-state index contributed by atoms with van der Waals surface area (Å²) in [5, 5.41) is 2.97. The van der Waals surface area contributed by atoms with Gasteiger partial charge in [-0.05, 0) is 38.1 Å². The molecule has 2 amide bonds. The number of methoxy groups -OCH3 is 1. The molecule has 0 unspecified atom stereocenters. The first-order chi connectivity index (χ1) is 11.0. The Balaban J connectivity index is 1.94. The summed E-state index contributed by atoms with van der Waals surface area (Å²) in [5.74, 6) is -0.424. The molecule has 5 nitrogen and oxygen atoms in total. The first kappa shape index (κ1) is 18.0. The molecule has 23 heavy (non-hydrogen) atoms. The molecule has 1 heterocycles. The molecule has 1 aromatic rings. The normalized spacial score (nSPS) is 17.8. The maximum Gasteiger partial charge on any atom is 0.322 e. The van der Waals surface area contributed by atoms with Crippen LogP contribution in [0.3, 0.4) is 0 Å². The van der Waals surface area contributed by atoms with Crippen LogP contribution in [0.15, 0.2) is 18.2 Å². The fourth-order valence-corrected chi connectivity index (χ4v) is 2.98. The molecule has 128 valence electrons. The van der Waals surface area contributed by atoms with E-state index in [1.807, 2.05) is 11.9 Å². The lowest BCUT2D eigenvalue weighted by Crippen LogP contribution is -2.44. The maximum absolute atomic E-state index is 13.1. The van der Waals surface area contributed by atoms with E-state index in [1.165, 1.54) is 18.2 Å². The van der Waals surface area contributed by atoms with E-state index in [1.54, 1.807) is 7.11 Å². The number of amides is 2. The number of hydrogen-bond donors (Lipinski definition) is 1. The highest BCUT2D eigenvalue weighted by Gasteiger charge is 2.29. The number of nitrogens with zero attached hydrogens (tertiary/aromatic N) is 2. The van der Waals surface area contributed by atoms with Crippen LogP contribution in [0, 0.1) is 5.82 Å². The fraction of sp³-hybridized carbons (Fsp3) is 0.562. The summed E-state index contributed by atoms with van der Waals surface area (Å²) in [5.41, 5.74) is 0.427. The minimum Gasteiger partial charge on any atom is -0.383 e. The Kier molecular flexibility index (Phi) is 6.62. The van der Waals surface area contributed by atoms with Crippen molar-refractivity contribution in [3.05, 3.63) is 29.0 Å². The van der Waals surface area contributed by atoms with Crippen LogP contribution < -0.4 is 5.32 Å². The topological polar surface area (TPSA) is 44.8 Å². The summed E-state index contributed by atoms with van der Waals surface area (Å²) in [6.07, 6.45) is 1.95. The van der Waals surface area contributed by atoms with E-state index < -0.39 is 5.82 Å². The van der Waals surface area contributed by atoms with Crippen LogP contribution in [0.5, 0.6) is 0 Å². The van der Waals surface area contributed by atoms with Crippen molar-refractivity contribution in [3.63, 3.8) is 0 Å². The average molecular weight is 344 g/mol. The number of carbonyl (C=O) groups is 1. The minimum atomic E-state index is -0.424. The van der Waals surface area contributed by atoms with Crippen LogP contribution in [-0.4, -0.2) is 62.3 Å². The van der Waals surface area contributed by atoms with Crippen molar-refractivity contribution in [3.8, 4) is 0 Å². The Morgan fingerprint density at radius 2 is 2.35 bits per heavy atom. The lowest BCUT2D eigenvalue weighted by molar-refractivity contribution is 0.143. The van der Waals surface area contributed by atoms with Crippen LogP contribution in [0.25, 0.3) is 0 Å². The van der Waals surface area contributed by atoms with Crippen LogP contribution in [0.4, 0.5) is 14.9 Å². The number of likely N-dealkylation sites (N-methyl/N-ethyl adjacent to an activating group) is 1. The number of halogens is 2. The van der Waals surface area contributed by atoms with Gasteiger partial charge in [-0.25, -0.2) is 9.18 Å². The van der Waals surface area contributed by atoms with Gasteiger partial charge in [0, 0.05) is 32.8 Å². The SMILES string of the molecule is COCCN(C)C[C@@H]1CCCN1C(=O)Nc1ccc(F)cc1Cl. The van der Waals surface area contributed by atoms with Crippen molar-refractivity contribution < 1.29 is 13.9 Å². The molecule has 7 heteroatoms. The molecule has 1 N–H and O–H groups in total. The molecule has 1 aromatic carbocycles. The third-order valence-corrected chi connectivity index (χ3v) is 4.32. The zero-order chi connectivity index (χ0) is 16.8. The zero-order valence-electron chi connectivity index (χ0n) is 13.5. The monoisotopic (exact) mass is 343 g/mol. The van der Waals surface area contributed by atoms with Gasteiger partial charge in [-0.3, -0.25) is 0 Å². The summed E-state index contributed by atoms with van der Waals surface area (Å²) >= 11 is 5.96. The Morgan fingerprint density at radius 1 is 1.57 bits per heavy atom. The summed E-state index contributed by atoms with van der Waals surface area (Å²) < 4.78 is 18.1. The molecule has 0 aromatic heterocycles. The number of benzene rings is 1. The van der Waals surface area contributed by atoms with Gasteiger partial charge in [-0.1, -0.05) is 11.6 Å². The summed E-state index contributed by atoms with van der Waals surface area (Å²) in [6, 6.07) is 3.92. The predicted molar refractivity (Wildman–Crippen MR) is 89.5 cm³/mol. The van der Waals surface area contributed by atoms with Gasteiger partial charge in [-0.2, -0.15) is 0 Å². The number of urea groups is 1. The highest BCUT2D eigenvalue weighted by molar-refractivity contribution is 6.33. The number of carbonyl (C=O) groups excluding carboxylic acids is 1. The number of likely N-dealkylation sites (tertiary alicyclic amines) is 1. The number of rotatable bonds is 6. The lowest BCUT2D eigenvalue weighted by atomic mass is 10.2. The summed E-state index contributed by atoms with van der Waals surface area (Å²) in [7, 11) is 3.69. The first-order valence-electron chi connectivity index (χ1n) is 7.71. The molecule has 1 aliphatic heterocycles. The van der Waals surface area contributed by atoms with Gasteiger partial charge in [0.15, 0.2) is 0 Å². The fourth-order valence-electron chi connectivity index (χ4n) is 2.77. The van der Waals surface area contributed by atoms with Crippen molar-refractivity contribution in [1.29, 1.82) is 0 Å². The predicted octanol–water partition coefficient (Wildman–Crippen LogP) is 3.05. The number of ether oxygens (including phenoxy) is 1. The second kappa shape index (κ2) is 8.47. The standard InChI is InChI=1S/C16H23ClFN3O2/c1-20(8-9-23-2)11-13-4-3-7-21(13)16(22)19-15-6-5-12(18)10-14(15)17/h5-6,10,13H,3-4,7-9,11H2,1-2H3,(H,19,22)/t13-/m0/s1. The maximum atomic E-state index is 13.1. The molecular weight excluding hydrogens is 321 g/mol. The molecule has 0 aliphatic carbocycles. The van der Waals surface area contributed by atoms with E-state index in [2.05, 4.69) is 10.2 Å². The van der Waals surface area contributed by atoms with Gasteiger partial charge >= 0.3 is 6.03 Å². The van der Waals surface area contributed by atoms with E-state index >= 15 is 0 Å². The highest BCUT2D eigenvalue weighted by Crippen LogP contribution is 2.24. The van der Waals surface area contributed by atoms with Gasteiger partial charge < -0.3 is 19.9 Å². The zero-order valence-corrected chi connectivity index (χ0v) is 14.3. The Labute approximate surface area is 141 Å². The molecule has 0 radical (unpaired) electrons. The second-order valence-electron chi connectivity index (χ2n) is 5.80. The Hall–Kier alpha value is -1.37. The van der Waals surface area contributed by atoms with Crippen molar-refractivity contribution >= 4 is 23.3 Å². The minimum absolute atomic E-state index is 0.163. The molecule has 1 saturated heterocycles. The molecule has 0 saturated carbocycles. The molecular formula is C16H23ClFN3O2. The first-order valence-corrected chi connectivity index (χ1v) is 8.09. The Morgan fingerprint density at radius 3 is 3.04 bits per heavy atom. The van der Waals surface area contributed by atoms with E-state index in [0.29, 0.717) is 18.8 Å². The number of nitrogens with one attached hydrogen (secondary N) is 1. The van der Waals surface area contributed by atoms with Crippen molar-refractivity contribution in [2.24, 2.45) is 0 Å². The van der Waals surface area contributed by atoms with Crippen LogP contribution in [0.1, 0.15) is 12.8 Å². The largest absolute Gasteiger partial charge is 0.383 e. The average Bonchev–Trinajstić information content (AvgIpc) is 2.96. The molecule has 2 rings (SSSR count). The van der Waals surface area contributed by atoms with Gasteiger partial charge in [0.2, 0.25) is 0 Å². The quantitative estimate of drug-likeness (QED) is 0.863. The van der Waals surface area contributed by atoms with E-state index in [-0.39, 0.29) is 17.1 Å².